The van der Waals surface area contributed by atoms with Crippen LogP contribution in [0.25, 0.3) is 0 Å². The molecule has 0 saturated carbocycles. The number of rotatable bonds is 34. The first-order valence-corrected chi connectivity index (χ1v) is 18.0. The number of allylic oxidation sites excluding steroid dienone is 5. The highest BCUT2D eigenvalue weighted by Gasteiger charge is 1.94. The summed E-state index contributed by atoms with van der Waals surface area (Å²) in [6.07, 6.45) is 51.8. The first kappa shape index (κ1) is 38.2. The van der Waals surface area contributed by atoms with Crippen molar-refractivity contribution in [2.45, 2.75) is 193 Å². The minimum absolute atomic E-state index is 1.19. The van der Waals surface area contributed by atoms with Gasteiger partial charge in [0.05, 0.1) is 0 Å². The molecule has 0 aromatic rings. The van der Waals surface area contributed by atoms with Gasteiger partial charge < -0.3 is 5.32 Å². The lowest BCUT2D eigenvalue weighted by molar-refractivity contribution is 0.539. The molecular weight excluding hydrogens is 470 g/mol. The fraction of sp³-hybridized carbons (Fsp3) is 0.842. The lowest BCUT2D eigenvalue weighted by Gasteiger charge is -2.05. The number of unbranched alkanes of at least 4 members (excludes halogenated alkanes) is 25. The third kappa shape index (κ3) is 37.2. The van der Waals surface area contributed by atoms with Crippen LogP contribution in [-0.2, 0) is 0 Å². The molecule has 0 fully saturated rings. The molecule has 0 aliphatic rings. The van der Waals surface area contributed by atoms with Crippen LogP contribution < -0.4 is 5.32 Å². The molecule has 0 aromatic heterocycles. The second-order valence-corrected chi connectivity index (χ2v) is 12.1. The summed E-state index contributed by atoms with van der Waals surface area (Å²) >= 11 is 0. The van der Waals surface area contributed by atoms with E-state index in [4.69, 9.17) is 0 Å². The molecule has 0 saturated heterocycles. The van der Waals surface area contributed by atoms with Gasteiger partial charge in [-0.1, -0.05) is 146 Å². The fourth-order valence-electron chi connectivity index (χ4n) is 5.34. The Labute approximate surface area is 248 Å². The highest BCUT2D eigenvalue weighted by molar-refractivity contribution is 4.82. The van der Waals surface area contributed by atoms with Crippen LogP contribution in [0.1, 0.15) is 193 Å². The van der Waals surface area contributed by atoms with Crippen molar-refractivity contribution in [2.24, 2.45) is 0 Å². The summed E-state index contributed by atoms with van der Waals surface area (Å²) in [6, 6.07) is 0. The molecule has 0 heterocycles. The summed E-state index contributed by atoms with van der Waals surface area (Å²) in [4.78, 5) is 0. The van der Waals surface area contributed by atoms with E-state index in [-0.39, 0.29) is 0 Å². The van der Waals surface area contributed by atoms with E-state index in [1.165, 1.54) is 199 Å². The molecule has 0 bridgehead atoms. The first-order chi connectivity index (χ1) is 19.4. The van der Waals surface area contributed by atoms with Crippen molar-refractivity contribution in [3.63, 3.8) is 0 Å². The highest BCUT2D eigenvalue weighted by Crippen LogP contribution is 2.12. The van der Waals surface area contributed by atoms with Gasteiger partial charge in [-0.25, -0.2) is 0 Å². The Kier molecular flexibility index (Phi) is 36.4. The Balaban J connectivity index is 3.10. The molecule has 1 nitrogen and oxygen atoms in total. The van der Waals surface area contributed by atoms with Crippen LogP contribution in [0.4, 0.5) is 0 Å². The summed E-state index contributed by atoms with van der Waals surface area (Å²) in [7, 11) is 0. The Morgan fingerprint density at radius 3 is 0.974 bits per heavy atom. The van der Waals surface area contributed by atoms with Crippen molar-refractivity contribution in [2.75, 3.05) is 13.1 Å². The largest absolute Gasteiger partial charge is 0.317 e. The number of hydrogen-bond donors (Lipinski definition) is 1. The SMILES string of the molecule is C=CCCCCCCCC/C=C\CCCCCCCCNCCCCCCCC/C=C\CCCCCCCC. The standard InChI is InChI=1S/C38H73N/c1-3-5-7-9-11-13-15-17-19-21-22-24-26-28-30-32-34-36-38-39-37-35-33-31-29-27-25-23-20-18-16-14-12-10-8-6-4-2/h3,18,20-22,39H,1,4-17,19,23-38H2,2H3/b20-18-,22-21-. The molecule has 0 rings (SSSR count). The normalized spacial score (nSPS) is 11.8. The van der Waals surface area contributed by atoms with Crippen molar-refractivity contribution in [3.8, 4) is 0 Å². The maximum Gasteiger partial charge on any atom is -0.00489 e. The molecule has 39 heavy (non-hydrogen) atoms. The van der Waals surface area contributed by atoms with Gasteiger partial charge in [-0.3, -0.25) is 0 Å². The molecule has 230 valence electrons. The third-order valence-electron chi connectivity index (χ3n) is 8.04. The van der Waals surface area contributed by atoms with Crippen molar-refractivity contribution >= 4 is 0 Å². The monoisotopic (exact) mass is 544 g/mol. The Bertz CT molecular complexity index is 491. The lowest BCUT2D eigenvalue weighted by Crippen LogP contribution is -2.16. The van der Waals surface area contributed by atoms with Gasteiger partial charge >= 0.3 is 0 Å². The smallest absolute Gasteiger partial charge is 0.00489 e. The Morgan fingerprint density at radius 2 is 0.641 bits per heavy atom. The van der Waals surface area contributed by atoms with Crippen LogP contribution in [0.5, 0.6) is 0 Å². The van der Waals surface area contributed by atoms with E-state index in [0.29, 0.717) is 0 Å². The van der Waals surface area contributed by atoms with E-state index in [2.05, 4.69) is 43.1 Å². The maximum absolute atomic E-state index is 3.79. The van der Waals surface area contributed by atoms with Gasteiger partial charge in [0.2, 0.25) is 0 Å². The van der Waals surface area contributed by atoms with Gasteiger partial charge in [-0.2, -0.15) is 0 Å². The highest BCUT2D eigenvalue weighted by atomic mass is 14.8. The quantitative estimate of drug-likeness (QED) is 0.0628. The molecule has 1 heteroatoms. The second kappa shape index (κ2) is 37.2. The molecule has 0 spiro atoms. The van der Waals surface area contributed by atoms with Gasteiger partial charge in [0.25, 0.3) is 0 Å². The van der Waals surface area contributed by atoms with E-state index < -0.39 is 0 Å². The number of nitrogens with one attached hydrogen (secondary N) is 1. The predicted molar refractivity (Wildman–Crippen MR) is 181 cm³/mol. The van der Waals surface area contributed by atoms with Gasteiger partial charge in [0, 0.05) is 0 Å². The molecule has 0 atom stereocenters. The van der Waals surface area contributed by atoms with Crippen LogP contribution >= 0.6 is 0 Å². The summed E-state index contributed by atoms with van der Waals surface area (Å²) in [5.74, 6) is 0. The van der Waals surface area contributed by atoms with E-state index in [0.717, 1.165) is 0 Å². The van der Waals surface area contributed by atoms with Gasteiger partial charge in [0.1, 0.15) is 0 Å². The molecule has 0 unspecified atom stereocenters. The summed E-state index contributed by atoms with van der Waals surface area (Å²) < 4.78 is 0. The van der Waals surface area contributed by atoms with Crippen molar-refractivity contribution in [1.82, 2.24) is 5.32 Å². The molecule has 0 amide bonds. The van der Waals surface area contributed by atoms with Crippen LogP contribution in [0.2, 0.25) is 0 Å². The van der Waals surface area contributed by atoms with E-state index >= 15 is 0 Å². The first-order valence-electron chi connectivity index (χ1n) is 18.0. The van der Waals surface area contributed by atoms with Crippen LogP contribution in [-0.4, -0.2) is 13.1 Å². The zero-order valence-corrected chi connectivity index (χ0v) is 27.0. The van der Waals surface area contributed by atoms with Crippen molar-refractivity contribution < 1.29 is 0 Å². The van der Waals surface area contributed by atoms with E-state index in [9.17, 15) is 0 Å². The van der Waals surface area contributed by atoms with Gasteiger partial charge in [0.15, 0.2) is 0 Å². The average molecular weight is 544 g/mol. The Morgan fingerprint density at radius 1 is 0.359 bits per heavy atom. The summed E-state index contributed by atoms with van der Waals surface area (Å²) in [5.41, 5.74) is 0. The molecule has 0 aromatic carbocycles. The Hall–Kier alpha value is -0.820. The summed E-state index contributed by atoms with van der Waals surface area (Å²) in [6.45, 7) is 8.54. The molecule has 0 aliphatic carbocycles. The summed E-state index contributed by atoms with van der Waals surface area (Å²) in [5, 5.41) is 3.67. The average Bonchev–Trinajstić information content (AvgIpc) is 2.95. The van der Waals surface area contributed by atoms with Crippen LogP contribution in [0, 0.1) is 0 Å². The minimum atomic E-state index is 1.19. The zero-order chi connectivity index (χ0) is 28.2. The minimum Gasteiger partial charge on any atom is -0.317 e. The molecule has 1 N–H and O–H groups in total. The molecule has 0 aliphatic heterocycles. The fourth-order valence-corrected chi connectivity index (χ4v) is 5.34. The maximum atomic E-state index is 3.79. The van der Waals surface area contributed by atoms with E-state index in [1.54, 1.807) is 0 Å². The van der Waals surface area contributed by atoms with Crippen molar-refractivity contribution in [1.29, 1.82) is 0 Å². The molecule has 0 radical (unpaired) electrons. The van der Waals surface area contributed by atoms with Gasteiger partial charge in [-0.15, -0.1) is 6.58 Å². The second-order valence-electron chi connectivity index (χ2n) is 12.1. The van der Waals surface area contributed by atoms with Crippen LogP contribution in [0.15, 0.2) is 37.0 Å². The predicted octanol–water partition coefficient (Wildman–Crippen LogP) is 13.2. The van der Waals surface area contributed by atoms with Crippen LogP contribution in [0.3, 0.4) is 0 Å². The van der Waals surface area contributed by atoms with E-state index in [1.807, 2.05) is 6.08 Å². The van der Waals surface area contributed by atoms with Crippen molar-refractivity contribution in [3.05, 3.63) is 37.0 Å². The lowest BCUT2D eigenvalue weighted by atomic mass is 10.1. The molecular formula is C38H73N. The third-order valence-corrected chi connectivity index (χ3v) is 8.04. The number of hydrogen-bond acceptors (Lipinski definition) is 1. The van der Waals surface area contributed by atoms with Gasteiger partial charge in [-0.05, 0) is 90.1 Å². The topological polar surface area (TPSA) is 12.0 Å². The zero-order valence-electron chi connectivity index (χ0n) is 27.0.